The second kappa shape index (κ2) is 7.32. The fourth-order valence-electron chi connectivity index (χ4n) is 4.56. The molecule has 1 aromatic carbocycles. The van der Waals surface area contributed by atoms with Crippen LogP contribution in [0.15, 0.2) is 34.9 Å². The van der Waals surface area contributed by atoms with E-state index in [1.54, 1.807) is 0 Å². The van der Waals surface area contributed by atoms with E-state index in [1.165, 1.54) is 0 Å². The summed E-state index contributed by atoms with van der Waals surface area (Å²) in [5, 5.41) is 4.11. The van der Waals surface area contributed by atoms with E-state index in [-0.39, 0.29) is 10.8 Å². The molecule has 0 unspecified atom stereocenters. The number of piperidine rings is 1. The molecule has 0 aliphatic carbocycles. The van der Waals surface area contributed by atoms with Crippen molar-refractivity contribution in [1.29, 1.82) is 0 Å². The first kappa shape index (κ1) is 19.1. The van der Waals surface area contributed by atoms with Crippen molar-refractivity contribution in [3.63, 3.8) is 0 Å². The van der Waals surface area contributed by atoms with Crippen molar-refractivity contribution in [2.45, 2.75) is 46.6 Å². The Morgan fingerprint density at radius 2 is 1.93 bits per heavy atom. The summed E-state index contributed by atoms with van der Waals surface area (Å²) >= 11 is 0. The molecule has 2 aromatic rings. The van der Waals surface area contributed by atoms with Crippen LogP contribution >= 0.6 is 0 Å². The first-order chi connectivity index (χ1) is 13.3. The summed E-state index contributed by atoms with van der Waals surface area (Å²) in [5.41, 5.74) is 0.853. The molecule has 28 heavy (non-hydrogen) atoms. The van der Waals surface area contributed by atoms with Crippen molar-refractivity contribution in [1.82, 2.24) is 19.9 Å². The van der Waals surface area contributed by atoms with Gasteiger partial charge in [0.25, 0.3) is 0 Å². The number of amides is 1. The van der Waals surface area contributed by atoms with E-state index < -0.39 is 0 Å². The van der Waals surface area contributed by atoms with Gasteiger partial charge in [0, 0.05) is 25.2 Å². The van der Waals surface area contributed by atoms with Crippen molar-refractivity contribution in [3.8, 4) is 11.4 Å². The number of benzene rings is 1. The minimum atomic E-state index is -0.230. The fourth-order valence-corrected chi connectivity index (χ4v) is 4.56. The molecule has 1 spiro atoms. The van der Waals surface area contributed by atoms with E-state index in [9.17, 15) is 4.79 Å². The van der Waals surface area contributed by atoms with Crippen molar-refractivity contribution in [3.05, 3.63) is 36.2 Å². The van der Waals surface area contributed by atoms with Gasteiger partial charge >= 0.3 is 0 Å². The van der Waals surface area contributed by atoms with Crippen molar-refractivity contribution in [2.24, 2.45) is 10.8 Å². The summed E-state index contributed by atoms with van der Waals surface area (Å²) in [7, 11) is 0. The highest BCUT2D eigenvalue weighted by atomic mass is 16.5. The lowest BCUT2D eigenvalue weighted by Gasteiger charge is -2.41. The molecule has 1 aromatic heterocycles. The molecule has 6 nitrogen and oxygen atoms in total. The Bertz CT molecular complexity index is 827. The molecule has 0 saturated carbocycles. The third-order valence-electron chi connectivity index (χ3n) is 5.78. The van der Waals surface area contributed by atoms with E-state index >= 15 is 0 Å². The second-order valence-electron chi connectivity index (χ2n) is 9.51. The monoisotopic (exact) mass is 382 g/mol. The molecular formula is C22H30N4O2. The number of carbonyl (C=O) groups excluding carboxylic acids is 1. The van der Waals surface area contributed by atoms with Gasteiger partial charge in [0.05, 0.1) is 12.0 Å². The highest BCUT2D eigenvalue weighted by molar-refractivity contribution is 5.84. The van der Waals surface area contributed by atoms with Gasteiger partial charge in [0.15, 0.2) is 0 Å². The lowest BCUT2D eigenvalue weighted by molar-refractivity contribution is -0.147. The van der Waals surface area contributed by atoms with Crippen molar-refractivity contribution < 1.29 is 9.32 Å². The minimum Gasteiger partial charge on any atom is -0.342 e. The van der Waals surface area contributed by atoms with Crippen LogP contribution in [0.2, 0.25) is 0 Å². The molecular weight excluding hydrogens is 352 g/mol. The standard InChI is InChI=1S/C22H30N4O2/c1-21(2,3)15-26-12-7-10-22(20(26)27)11-13-25(16-22)14-18-23-19(24-28-18)17-8-5-4-6-9-17/h4-6,8-9H,7,10-16H2,1-3H3/t22-/m1/s1. The summed E-state index contributed by atoms with van der Waals surface area (Å²) in [4.78, 5) is 22.2. The highest BCUT2D eigenvalue weighted by Crippen LogP contribution is 2.41. The highest BCUT2D eigenvalue weighted by Gasteiger charge is 2.48. The molecule has 2 aliphatic heterocycles. The van der Waals surface area contributed by atoms with Gasteiger partial charge in [-0.05, 0) is 31.2 Å². The Kier molecular flexibility index (Phi) is 5.00. The summed E-state index contributed by atoms with van der Waals surface area (Å²) in [5.74, 6) is 1.58. The quantitative estimate of drug-likeness (QED) is 0.808. The Morgan fingerprint density at radius 1 is 1.14 bits per heavy atom. The molecule has 6 heteroatoms. The molecule has 2 fully saturated rings. The predicted molar refractivity (Wildman–Crippen MR) is 107 cm³/mol. The molecule has 150 valence electrons. The predicted octanol–water partition coefficient (Wildman–Crippen LogP) is 3.60. The maximum atomic E-state index is 13.3. The van der Waals surface area contributed by atoms with Crippen LogP contribution in [0.4, 0.5) is 0 Å². The molecule has 0 bridgehead atoms. The third kappa shape index (κ3) is 3.97. The van der Waals surface area contributed by atoms with E-state index in [0.29, 0.717) is 24.2 Å². The molecule has 3 heterocycles. The van der Waals surface area contributed by atoms with E-state index in [2.05, 4.69) is 40.7 Å². The summed E-state index contributed by atoms with van der Waals surface area (Å²) in [6.45, 7) is 10.6. The van der Waals surface area contributed by atoms with Gasteiger partial charge in [-0.3, -0.25) is 9.69 Å². The van der Waals surface area contributed by atoms with Gasteiger partial charge in [0.2, 0.25) is 17.6 Å². The van der Waals surface area contributed by atoms with Gasteiger partial charge in [-0.25, -0.2) is 0 Å². The van der Waals surface area contributed by atoms with Crippen LogP contribution in [0.3, 0.4) is 0 Å². The molecule has 0 N–H and O–H groups in total. The number of hydrogen-bond donors (Lipinski definition) is 0. The topological polar surface area (TPSA) is 62.5 Å². The Morgan fingerprint density at radius 3 is 2.68 bits per heavy atom. The van der Waals surface area contributed by atoms with E-state index in [4.69, 9.17) is 4.52 Å². The third-order valence-corrected chi connectivity index (χ3v) is 5.78. The van der Waals surface area contributed by atoms with Crippen LogP contribution < -0.4 is 0 Å². The number of hydrogen-bond acceptors (Lipinski definition) is 5. The van der Waals surface area contributed by atoms with Crippen LogP contribution in [0.1, 0.15) is 45.9 Å². The lowest BCUT2D eigenvalue weighted by Crippen LogP contribution is -2.52. The average Bonchev–Trinajstić information content (AvgIpc) is 3.27. The normalized spacial score (nSPS) is 23.7. The van der Waals surface area contributed by atoms with Crippen LogP contribution in [0.25, 0.3) is 11.4 Å². The molecule has 0 radical (unpaired) electrons. The van der Waals surface area contributed by atoms with Gasteiger partial charge in [-0.15, -0.1) is 0 Å². The Labute approximate surface area is 166 Å². The number of carbonyl (C=O) groups is 1. The zero-order valence-electron chi connectivity index (χ0n) is 17.1. The van der Waals surface area contributed by atoms with Crippen LogP contribution in [0, 0.1) is 10.8 Å². The first-order valence-electron chi connectivity index (χ1n) is 10.2. The average molecular weight is 383 g/mol. The maximum absolute atomic E-state index is 13.3. The summed E-state index contributed by atoms with van der Waals surface area (Å²) in [6.07, 6.45) is 3.00. The Balaban J connectivity index is 1.41. The van der Waals surface area contributed by atoms with Gasteiger partial charge in [0.1, 0.15) is 0 Å². The number of likely N-dealkylation sites (tertiary alicyclic amines) is 2. The number of aromatic nitrogens is 2. The van der Waals surface area contributed by atoms with Gasteiger partial charge in [-0.1, -0.05) is 56.3 Å². The molecule has 4 rings (SSSR count). The number of rotatable bonds is 4. The van der Waals surface area contributed by atoms with Crippen molar-refractivity contribution in [2.75, 3.05) is 26.2 Å². The lowest BCUT2D eigenvalue weighted by atomic mass is 9.77. The largest absolute Gasteiger partial charge is 0.342 e. The van der Waals surface area contributed by atoms with Crippen LogP contribution in [-0.4, -0.2) is 52.0 Å². The molecule has 1 atom stereocenters. The van der Waals surface area contributed by atoms with Gasteiger partial charge in [-0.2, -0.15) is 4.98 Å². The SMILES string of the molecule is CC(C)(C)CN1CCC[C@]2(CCN(Cc3nc(-c4ccccc4)no3)C2)C1=O. The smallest absolute Gasteiger partial charge is 0.241 e. The zero-order chi connectivity index (χ0) is 19.8. The van der Waals surface area contributed by atoms with Crippen molar-refractivity contribution >= 4 is 5.91 Å². The minimum absolute atomic E-state index is 0.129. The molecule has 2 saturated heterocycles. The van der Waals surface area contributed by atoms with Gasteiger partial charge < -0.3 is 9.42 Å². The fraction of sp³-hybridized carbons (Fsp3) is 0.591. The maximum Gasteiger partial charge on any atom is 0.241 e. The summed E-state index contributed by atoms with van der Waals surface area (Å²) < 4.78 is 5.47. The molecule has 2 aliphatic rings. The van der Waals surface area contributed by atoms with E-state index in [0.717, 1.165) is 51.0 Å². The first-order valence-corrected chi connectivity index (χ1v) is 10.2. The van der Waals surface area contributed by atoms with Crippen LogP contribution in [-0.2, 0) is 11.3 Å². The number of nitrogens with zero attached hydrogens (tertiary/aromatic N) is 4. The zero-order valence-corrected chi connectivity index (χ0v) is 17.1. The van der Waals surface area contributed by atoms with E-state index in [1.807, 2.05) is 30.3 Å². The Hall–Kier alpha value is -2.21. The molecule has 1 amide bonds. The van der Waals surface area contributed by atoms with Crippen LogP contribution in [0.5, 0.6) is 0 Å². The second-order valence-corrected chi connectivity index (χ2v) is 9.51. The summed E-state index contributed by atoms with van der Waals surface area (Å²) in [6, 6.07) is 9.85.